The molecule has 1 N–H and O–H groups in total. The van der Waals surface area contributed by atoms with E-state index < -0.39 is 5.25 Å². The van der Waals surface area contributed by atoms with E-state index in [1.54, 1.807) is 25.1 Å². The molecule has 4 aromatic rings. The van der Waals surface area contributed by atoms with Gasteiger partial charge in [-0.3, -0.25) is 4.79 Å². The molecule has 152 valence electrons. The Bertz CT molecular complexity index is 1130. The number of halogens is 1. The van der Waals surface area contributed by atoms with E-state index in [4.69, 9.17) is 20.6 Å². The Hall–Kier alpha value is -3.03. The third-order valence-corrected chi connectivity index (χ3v) is 5.83. The lowest BCUT2D eigenvalue weighted by atomic mass is 10.1. The third-order valence-electron chi connectivity index (χ3n) is 4.31. The van der Waals surface area contributed by atoms with Gasteiger partial charge >= 0.3 is 0 Å². The third kappa shape index (κ3) is 4.93. The summed E-state index contributed by atoms with van der Waals surface area (Å²) in [4.78, 5) is 12.9. The Morgan fingerprint density at radius 2 is 1.83 bits per heavy atom. The Morgan fingerprint density at radius 1 is 1.07 bits per heavy atom. The number of benzene rings is 2. The molecule has 0 fully saturated rings. The number of amides is 1. The van der Waals surface area contributed by atoms with E-state index in [1.807, 2.05) is 48.5 Å². The van der Waals surface area contributed by atoms with Crippen molar-refractivity contribution < 1.29 is 13.8 Å². The summed E-state index contributed by atoms with van der Waals surface area (Å²) in [7, 11) is 0. The van der Waals surface area contributed by atoms with E-state index in [1.165, 1.54) is 11.8 Å². The number of hydrogen-bond donors (Lipinski definition) is 1. The van der Waals surface area contributed by atoms with Crippen molar-refractivity contribution in [3.63, 3.8) is 0 Å². The highest BCUT2D eigenvalue weighted by Crippen LogP contribution is 2.33. The van der Waals surface area contributed by atoms with Crippen LogP contribution in [0.5, 0.6) is 0 Å². The van der Waals surface area contributed by atoms with Crippen molar-refractivity contribution in [1.82, 2.24) is 10.3 Å². The van der Waals surface area contributed by atoms with Crippen molar-refractivity contribution in [2.45, 2.75) is 17.9 Å². The van der Waals surface area contributed by atoms with E-state index in [9.17, 15) is 4.79 Å². The summed E-state index contributed by atoms with van der Waals surface area (Å²) in [5, 5.41) is 11.0. The quantitative estimate of drug-likeness (QED) is 0.385. The highest BCUT2D eigenvalue weighted by Gasteiger charge is 2.23. The van der Waals surface area contributed by atoms with E-state index in [0.717, 1.165) is 16.8 Å². The van der Waals surface area contributed by atoms with Crippen LogP contribution in [-0.2, 0) is 10.5 Å². The highest BCUT2D eigenvalue weighted by molar-refractivity contribution is 7.99. The van der Waals surface area contributed by atoms with Crippen LogP contribution in [0.15, 0.2) is 75.8 Å². The van der Waals surface area contributed by atoms with Crippen LogP contribution >= 0.6 is 23.4 Å². The molecule has 1 amide bonds. The van der Waals surface area contributed by atoms with Crippen molar-refractivity contribution in [1.29, 1.82) is 0 Å². The molecule has 0 bridgehead atoms. The lowest BCUT2D eigenvalue weighted by Crippen LogP contribution is -2.19. The number of carbonyl (C=O) groups excluding carboxylic acids is 1. The second kappa shape index (κ2) is 9.19. The van der Waals surface area contributed by atoms with Crippen LogP contribution in [0.4, 0.5) is 5.82 Å². The van der Waals surface area contributed by atoms with Crippen LogP contribution < -0.4 is 5.32 Å². The number of aryl methyl sites for hydroxylation is 1. The number of anilines is 1. The summed E-state index contributed by atoms with van der Waals surface area (Å²) >= 11 is 7.39. The monoisotopic (exact) mass is 439 g/mol. The smallest absolute Gasteiger partial charge is 0.243 e. The molecule has 0 radical (unpaired) electrons. The van der Waals surface area contributed by atoms with Crippen molar-refractivity contribution in [3.8, 4) is 11.3 Å². The molecule has 30 heavy (non-hydrogen) atoms. The molecule has 0 saturated carbocycles. The van der Waals surface area contributed by atoms with E-state index in [0.29, 0.717) is 28.1 Å². The average molecular weight is 440 g/mol. The predicted molar refractivity (Wildman–Crippen MR) is 117 cm³/mol. The number of nitrogens with one attached hydrogen (secondary N) is 1. The van der Waals surface area contributed by atoms with Gasteiger partial charge in [0.25, 0.3) is 0 Å². The molecule has 6 nitrogen and oxygen atoms in total. The van der Waals surface area contributed by atoms with Gasteiger partial charge in [0, 0.05) is 22.7 Å². The van der Waals surface area contributed by atoms with Crippen molar-refractivity contribution >= 4 is 35.1 Å². The number of carbonyl (C=O) groups is 1. The Kier molecular flexibility index (Phi) is 6.21. The van der Waals surface area contributed by atoms with Crippen LogP contribution in [0.25, 0.3) is 11.3 Å². The minimum atomic E-state index is -0.452. The summed E-state index contributed by atoms with van der Waals surface area (Å²) in [6.07, 6.45) is 0. The van der Waals surface area contributed by atoms with Gasteiger partial charge in [0.15, 0.2) is 5.82 Å². The first-order chi connectivity index (χ1) is 14.6. The SMILES string of the molecule is Cc1cc(NC(=O)[C@@H](SCc2cc(-c3ccc(Cl)cc3)no2)c2ccccc2)no1. The average Bonchev–Trinajstić information content (AvgIpc) is 3.38. The molecule has 0 unspecified atom stereocenters. The molecule has 0 aliphatic carbocycles. The molecular weight excluding hydrogens is 422 g/mol. The molecule has 1 atom stereocenters. The molecule has 8 heteroatoms. The molecule has 2 aromatic carbocycles. The Balaban J connectivity index is 1.48. The lowest BCUT2D eigenvalue weighted by molar-refractivity contribution is -0.115. The maximum atomic E-state index is 12.9. The first-order valence-electron chi connectivity index (χ1n) is 9.21. The molecule has 4 rings (SSSR count). The largest absolute Gasteiger partial charge is 0.360 e. The number of hydrogen-bond acceptors (Lipinski definition) is 6. The minimum absolute atomic E-state index is 0.183. The van der Waals surface area contributed by atoms with Gasteiger partial charge < -0.3 is 14.4 Å². The molecule has 0 aliphatic rings. The fourth-order valence-corrected chi connectivity index (χ4v) is 4.02. The maximum Gasteiger partial charge on any atom is 0.243 e. The molecule has 0 aliphatic heterocycles. The zero-order chi connectivity index (χ0) is 20.9. The van der Waals surface area contributed by atoms with E-state index in [2.05, 4.69) is 15.6 Å². The second-order valence-electron chi connectivity index (χ2n) is 6.60. The Labute approximate surface area is 182 Å². The summed E-state index contributed by atoms with van der Waals surface area (Å²) in [6, 6.07) is 20.5. The molecule has 2 heterocycles. The minimum Gasteiger partial charge on any atom is -0.360 e. The summed E-state index contributed by atoms with van der Waals surface area (Å²) in [5.41, 5.74) is 2.52. The van der Waals surface area contributed by atoms with Gasteiger partial charge in [-0.25, -0.2) is 0 Å². The molecule has 2 aromatic heterocycles. The van der Waals surface area contributed by atoms with Gasteiger partial charge in [0.2, 0.25) is 5.91 Å². The summed E-state index contributed by atoms with van der Waals surface area (Å²) < 4.78 is 10.5. The van der Waals surface area contributed by atoms with Gasteiger partial charge in [0.1, 0.15) is 22.5 Å². The van der Waals surface area contributed by atoms with Crippen LogP contribution in [0.1, 0.15) is 22.3 Å². The zero-order valence-corrected chi connectivity index (χ0v) is 17.6. The van der Waals surface area contributed by atoms with Crippen molar-refractivity contribution in [3.05, 3.63) is 88.8 Å². The summed E-state index contributed by atoms with van der Waals surface area (Å²) in [6.45, 7) is 1.77. The van der Waals surface area contributed by atoms with Gasteiger partial charge in [-0.15, -0.1) is 11.8 Å². The van der Waals surface area contributed by atoms with E-state index >= 15 is 0 Å². The number of nitrogens with zero attached hydrogens (tertiary/aromatic N) is 2. The highest BCUT2D eigenvalue weighted by atomic mass is 35.5. The van der Waals surface area contributed by atoms with Crippen LogP contribution in [0.3, 0.4) is 0 Å². The van der Waals surface area contributed by atoms with Gasteiger partial charge in [-0.2, -0.15) is 0 Å². The van der Waals surface area contributed by atoms with Gasteiger partial charge in [-0.1, -0.05) is 64.4 Å². The van der Waals surface area contributed by atoms with Crippen LogP contribution in [-0.4, -0.2) is 16.2 Å². The van der Waals surface area contributed by atoms with E-state index in [-0.39, 0.29) is 5.91 Å². The van der Waals surface area contributed by atoms with Crippen molar-refractivity contribution in [2.24, 2.45) is 0 Å². The fraction of sp³-hybridized carbons (Fsp3) is 0.136. The molecule has 0 saturated heterocycles. The van der Waals surface area contributed by atoms with Gasteiger partial charge in [0.05, 0.1) is 5.75 Å². The molecule has 0 spiro atoms. The fourth-order valence-electron chi connectivity index (χ4n) is 2.87. The zero-order valence-electron chi connectivity index (χ0n) is 16.0. The number of rotatable bonds is 7. The second-order valence-corrected chi connectivity index (χ2v) is 8.13. The molecular formula is C22H18ClN3O3S. The predicted octanol–water partition coefficient (Wildman–Crippen LogP) is 5.90. The van der Waals surface area contributed by atoms with Gasteiger partial charge in [-0.05, 0) is 24.6 Å². The number of thioether (sulfide) groups is 1. The maximum absolute atomic E-state index is 12.9. The Morgan fingerprint density at radius 3 is 2.53 bits per heavy atom. The number of aromatic nitrogens is 2. The topological polar surface area (TPSA) is 81.2 Å². The normalized spacial score (nSPS) is 11.9. The van der Waals surface area contributed by atoms with Crippen LogP contribution in [0.2, 0.25) is 5.02 Å². The lowest BCUT2D eigenvalue weighted by Gasteiger charge is -2.15. The standard InChI is InChI=1S/C22H18ClN3O3S/c1-14-11-20(26-28-14)24-22(27)21(16-5-3-2-4-6-16)30-13-18-12-19(25-29-18)15-7-9-17(23)10-8-15/h2-12,21H,13H2,1H3,(H,24,26,27)/t21-/m0/s1. The first kappa shape index (κ1) is 20.3. The first-order valence-corrected chi connectivity index (χ1v) is 10.6. The van der Waals surface area contributed by atoms with Crippen molar-refractivity contribution in [2.75, 3.05) is 5.32 Å². The summed E-state index contributed by atoms with van der Waals surface area (Å²) in [5.74, 6) is 1.99. The van der Waals surface area contributed by atoms with Crippen LogP contribution in [0, 0.1) is 6.92 Å².